The van der Waals surface area contributed by atoms with Crippen LogP contribution in [0.25, 0.3) is 5.69 Å². The summed E-state index contributed by atoms with van der Waals surface area (Å²) in [5, 5.41) is 22.0. The van der Waals surface area contributed by atoms with Gasteiger partial charge in [0.2, 0.25) is 5.69 Å². The van der Waals surface area contributed by atoms with E-state index < -0.39 is 23.0 Å². The SMILES string of the molecule is COc1ccc(-n2nc(C(=O)O)c(O)cc2=O)c(OC)c1. The fourth-order valence-electron chi connectivity index (χ4n) is 1.73. The molecular weight excluding hydrogens is 280 g/mol. The number of carboxylic acids is 1. The van der Waals surface area contributed by atoms with Crippen molar-refractivity contribution in [3.05, 3.63) is 40.3 Å². The molecule has 1 aromatic carbocycles. The van der Waals surface area contributed by atoms with E-state index in [0.717, 1.165) is 10.7 Å². The first-order valence-electron chi connectivity index (χ1n) is 5.77. The molecule has 0 spiro atoms. The molecule has 0 bridgehead atoms. The Labute approximate surface area is 118 Å². The van der Waals surface area contributed by atoms with Crippen molar-refractivity contribution in [1.29, 1.82) is 0 Å². The van der Waals surface area contributed by atoms with Gasteiger partial charge in [0.1, 0.15) is 17.2 Å². The molecule has 110 valence electrons. The zero-order chi connectivity index (χ0) is 15.6. The second-order valence-electron chi connectivity index (χ2n) is 3.97. The Bertz CT molecular complexity index is 753. The highest BCUT2D eigenvalue weighted by Gasteiger charge is 2.17. The zero-order valence-corrected chi connectivity index (χ0v) is 11.2. The summed E-state index contributed by atoms with van der Waals surface area (Å²) in [6.45, 7) is 0. The van der Waals surface area contributed by atoms with Crippen LogP contribution in [0.3, 0.4) is 0 Å². The number of carboxylic acid groups (broad SMARTS) is 1. The predicted octanol–water partition coefficient (Wildman–Crippen LogP) is 0.653. The number of carbonyl (C=O) groups is 1. The summed E-state index contributed by atoms with van der Waals surface area (Å²) in [4.78, 5) is 22.9. The van der Waals surface area contributed by atoms with E-state index in [4.69, 9.17) is 14.6 Å². The first kappa shape index (κ1) is 14.4. The van der Waals surface area contributed by atoms with Crippen molar-refractivity contribution in [3.8, 4) is 22.9 Å². The lowest BCUT2D eigenvalue weighted by molar-refractivity contribution is 0.0684. The molecule has 0 radical (unpaired) electrons. The molecule has 1 aromatic heterocycles. The van der Waals surface area contributed by atoms with Gasteiger partial charge in [0.15, 0.2) is 5.75 Å². The van der Waals surface area contributed by atoms with Gasteiger partial charge in [0.25, 0.3) is 5.56 Å². The number of aromatic hydroxyl groups is 1. The van der Waals surface area contributed by atoms with E-state index in [1.54, 1.807) is 6.07 Å². The number of hydrogen-bond acceptors (Lipinski definition) is 6. The summed E-state index contributed by atoms with van der Waals surface area (Å²) in [5.74, 6) is -1.38. The molecule has 0 unspecified atom stereocenters. The number of rotatable bonds is 4. The van der Waals surface area contributed by atoms with Crippen LogP contribution in [-0.4, -0.2) is 40.2 Å². The molecule has 21 heavy (non-hydrogen) atoms. The Morgan fingerprint density at radius 1 is 1.24 bits per heavy atom. The predicted molar refractivity (Wildman–Crippen MR) is 71.6 cm³/mol. The molecule has 0 aliphatic rings. The number of methoxy groups -OCH3 is 2. The van der Waals surface area contributed by atoms with Crippen LogP contribution in [0.4, 0.5) is 0 Å². The number of aromatic carboxylic acids is 1. The number of hydrogen-bond donors (Lipinski definition) is 2. The lowest BCUT2D eigenvalue weighted by Crippen LogP contribution is -2.23. The van der Waals surface area contributed by atoms with Crippen LogP contribution in [0.1, 0.15) is 10.5 Å². The summed E-state index contributed by atoms with van der Waals surface area (Å²) in [5.41, 5.74) is -1.10. The van der Waals surface area contributed by atoms with Gasteiger partial charge in [-0.15, -0.1) is 0 Å². The first-order chi connectivity index (χ1) is 9.97. The third-order valence-electron chi connectivity index (χ3n) is 2.73. The molecule has 0 aliphatic heterocycles. The van der Waals surface area contributed by atoms with Gasteiger partial charge < -0.3 is 19.7 Å². The maximum Gasteiger partial charge on any atom is 0.360 e. The maximum atomic E-state index is 11.9. The molecular formula is C13H12N2O6. The van der Waals surface area contributed by atoms with E-state index in [-0.39, 0.29) is 11.4 Å². The third-order valence-corrected chi connectivity index (χ3v) is 2.73. The molecule has 0 fully saturated rings. The van der Waals surface area contributed by atoms with Crippen molar-refractivity contribution < 1.29 is 24.5 Å². The minimum absolute atomic E-state index is 0.228. The molecule has 2 N–H and O–H groups in total. The number of benzene rings is 1. The lowest BCUT2D eigenvalue weighted by atomic mass is 10.2. The van der Waals surface area contributed by atoms with E-state index in [1.807, 2.05) is 0 Å². The molecule has 0 atom stereocenters. The molecule has 0 amide bonds. The van der Waals surface area contributed by atoms with Gasteiger partial charge in [-0.3, -0.25) is 4.79 Å². The smallest absolute Gasteiger partial charge is 0.360 e. The normalized spacial score (nSPS) is 10.2. The van der Waals surface area contributed by atoms with Crippen molar-refractivity contribution in [2.45, 2.75) is 0 Å². The Balaban J connectivity index is 2.69. The molecule has 0 saturated carbocycles. The molecule has 0 saturated heterocycles. The van der Waals surface area contributed by atoms with E-state index in [2.05, 4.69) is 5.10 Å². The molecule has 2 aromatic rings. The topological polar surface area (TPSA) is 111 Å². The zero-order valence-electron chi connectivity index (χ0n) is 11.2. The van der Waals surface area contributed by atoms with Gasteiger partial charge in [0, 0.05) is 12.1 Å². The van der Waals surface area contributed by atoms with E-state index in [0.29, 0.717) is 5.75 Å². The second-order valence-corrected chi connectivity index (χ2v) is 3.97. The van der Waals surface area contributed by atoms with Crippen molar-refractivity contribution in [3.63, 3.8) is 0 Å². The van der Waals surface area contributed by atoms with Crippen LogP contribution in [-0.2, 0) is 0 Å². The molecule has 0 aliphatic carbocycles. The average molecular weight is 292 g/mol. The standard InChI is InChI=1S/C13H12N2O6/c1-20-7-3-4-8(10(5-7)21-2)15-11(17)6-9(16)12(14-15)13(18)19/h3-6,16H,1-2H3,(H,18,19). The largest absolute Gasteiger partial charge is 0.505 e. The third kappa shape index (κ3) is 2.64. The minimum atomic E-state index is -1.45. The average Bonchev–Trinajstić information content (AvgIpc) is 2.46. The fraction of sp³-hybridized carbons (Fsp3) is 0.154. The van der Waals surface area contributed by atoms with Gasteiger partial charge in [-0.1, -0.05) is 0 Å². The lowest BCUT2D eigenvalue weighted by Gasteiger charge is -2.12. The van der Waals surface area contributed by atoms with Crippen LogP contribution < -0.4 is 15.0 Å². The highest BCUT2D eigenvalue weighted by Crippen LogP contribution is 2.27. The van der Waals surface area contributed by atoms with Gasteiger partial charge in [-0.05, 0) is 12.1 Å². The Morgan fingerprint density at radius 3 is 2.52 bits per heavy atom. The second kappa shape index (κ2) is 5.53. The van der Waals surface area contributed by atoms with Gasteiger partial charge in [0.05, 0.1) is 14.2 Å². The quantitative estimate of drug-likeness (QED) is 0.851. The van der Waals surface area contributed by atoms with Gasteiger partial charge >= 0.3 is 5.97 Å². The molecule has 2 rings (SSSR count). The van der Waals surface area contributed by atoms with Crippen molar-refractivity contribution in [2.75, 3.05) is 14.2 Å². The van der Waals surface area contributed by atoms with Crippen LogP contribution in [0.15, 0.2) is 29.1 Å². The summed E-state index contributed by atoms with van der Waals surface area (Å²) >= 11 is 0. The summed E-state index contributed by atoms with van der Waals surface area (Å²) in [6.07, 6.45) is 0. The first-order valence-corrected chi connectivity index (χ1v) is 5.77. The highest BCUT2D eigenvalue weighted by molar-refractivity contribution is 5.88. The van der Waals surface area contributed by atoms with Gasteiger partial charge in [-0.25, -0.2) is 4.79 Å². The van der Waals surface area contributed by atoms with Crippen LogP contribution >= 0.6 is 0 Å². The van der Waals surface area contributed by atoms with Crippen molar-refractivity contribution >= 4 is 5.97 Å². The Kier molecular flexibility index (Phi) is 3.79. The number of ether oxygens (including phenoxy) is 2. The highest BCUT2D eigenvalue weighted by atomic mass is 16.5. The molecule has 8 heteroatoms. The van der Waals surface area contributed by atoms with Crippen LogP contribution in [0.5, 0.6) is 17.2 Å². The minimum Gasteiger partial charge on any atom is -0.505 e. The summed E-state index contributed by atoms with van der Waals surface area (Å²) < 4.78 is 11.0. The summed E-state index contributed by atoms with van der Waals surface area (Å²) in [6, 6.07) is 5.37. The maximum absolute atomic E-state index is 11.9. The van der Waals surface area contributed by atoms with E-state index in [1.165, 1.54) is 26.4 Å². The fourth-order valence-corrected chi connectivity index (χ4v) is 1.73. The number of aromatic nitrogens is 2. The monoisotopic (exact) mass is 292 g/mol. The summed E-state index contributed by atoms with van der Waals surface area (Å²) in [7, 11) is 2.86. The number of nitrogens with zero attached hydrogens (tertiary/aromatic N) is 2. The van der Waals surface area contributed by atoms with Crippen LogP contribution in [0.2, 0.25) is 0 Å². The van der Waals surface area contributed by atoms with Crippen LogP contribution in [0, 0.1) is 0 Å². The molecule has 8 nitrogen and oxygen atoms in total. The van der Waals surface area contributed by atoms with Gasteiger partial charge in [-0.2, -0.15) is 9.78 Å². The molecule has 1 heterocycles. The van der Waals surface area contributed by atoms with E-state index in [9.17, 15) is 14.7 Å². The van der Waals surface area contributed by atoms with Crippen molar-refractivity contribution in [1.82, 2.24) is 9.78 Å². The van der Waals surface area contributed by atoms with Crippen molar-refractivity contribution in [2.24, 2.45) is 0 Å². The van der Waals surface area contributed by atoms with E-state index >= 15 is 0 Å². The Hall–Kier alpha value is -3.03. The Morgan fingerprint density at radius 2 is 1.95 bits per heavy atom.